The van der Waals surface area contributed by atoms with Gasteiger partial charge in [0.25, 0.3) is 0 Å². The van der Waals surface area contributed by atoms with Gasteiger partial charge < -0.3 is 5.73 Å². The number of hydrogen-bond acceptors (Lipinski definition) is 3. The van der Waals surface area contributed by atoms with Crippen molar-refractivity contribution in [1.82, 2.24) is 15.0 Å². The van der Waals surface area contributed by atoms with Crippen molar-refractivity contribution in [2.75, 3.05) is 0 Å². The third-order valence-electron chi connectivity index (χ3n) is 1.84. The molecule has 0 fully saturated rings. The van der Waals surface area contributed by atoms with Crippen LogP contribution in [0.2, 0.25) is 0 Å². The normalized spacial score (nSPS) is 13.4. The van der Waals surface area contributed by atoms with E-state index in [0.717, 1.165) is 5.69 Å². The van der Waals surface area contributed by atoms with Crippen LogP contribution < -0.4 is 5.73 Å². The average molecular weight is 182 g/mol. The monoisotopic (exact) mass is 182 g/mol. The minimum atomic E-state index is -0.413. The Labute approximate surface area is 79.1 Å². The third kappa shape index (κ3) is 2.28. The zero-order valence-electron chi connectivity index (χ0n) is 9.00. The molecule has 2 N–H and O–H groups in total. The molecule has 1 heterocycles. The van der Waals surface area contributed by atoms with Crippen molar-refractivity contribution in [2.24, 2.45) is 5.73 Å². The quantitative estimate of drug-likeness (QED) is 0.710. The van der Waals surface area contributed by atoms with Crippen LogP contribution in [0.3, 0.4) is 0 Å². The molecular formula is C9H18N4. The predicted octanol–water partition coefficient (Wildman–Crippen LogP) is 1.23. The summed E-state index contributed by atoms with van der Waals surface area (Å²) in [5.41, 5.74) is 6.27. The molecule has 1 aromatic rings. The summed E-state index contributed by atoms with van der Waals surface area (Å²) >= 11 is 0. The third-order valence-corrected chi connectivity index (χ3v) is 1.84. The highest BCUT2D eigenvalue weighted by atomic mass is 15.4. The van der Waals surface area contributed by atoms with E-state index in [1.807, 2.05) is 24.7 Å². The van der Waals surface area contributed by atoms with Crippen molar-refractivity contribution in [1.29, 1.82) is 0 Å². The van der Waals surface area contributed by atoms with Crippen molar-refractivity contribution in [3.63, 3.8) is 0 Å². The fourth-order valence-corrected chi connectivity index (χ4v) is 0.887. The molecule has 0 saturated carbocycles. The van der Waals surface area contributed by atoms with Gasteiger partial charge >= 0.3 is 0 Å². The zero-order chi connectivity index (χ0) is 10.3. The predicted molar refractivity (Wildman–Crippen MR) is 52.2 cm³/mol. The average Bonchev–Trinajstić information content (AvgIpc) is 2.28. The van der Waals surface area contributed by atoms with Gasteiger partial charge in [0.05, 0.1) is 17.3 Å². The van der Waals surface area contributed by atoms with Crippen LogP contribution in [0, 0.1) is 0 Å². The fraction of sp³-hybridized carbons (Fsp3) is 0.778. The molecule has 0 aliphatic heterocycles. The van der Waals surface area contributed by atoms with Gasteiger partial charge in [-0.25, -0.2) is 4.68 Å². The van der Waals surface area contributed by atoms with E-state index in [4.69, 9.17) is 5.73 Å². The van der Waals surface area contributed by atoms with Crippen LogP contribution in [-0.2, 0) is 11.1 Å². The van der Waals surface area contributed by atoms with Crippen molar-refractivity contribution in [2.45, 2.75) is 45.7 Å². The summed E-state index contributed by atoms with van der Waals surface area (Å²) in [5.74, 6) is 0. The second-order valence-corrected chi connectivity index (χ2v) is 4.94. The Morgan fingerprint density at radius 1 is 1.23 bits per heavy atom. The van der Waals surface area contributed by atoms with Crippen LogP contribution >= 0.6 is 0 Å². The Balaban J connectivity index is 3.01. The molecule has 0 saturated heterocycles. The van der Waals surface area contributed by atoms with Gasteiger partial charge in [-0.1, -0.05) is 5.21 Å². The molecule has 4 heteroatoms. The Morgan fingerprint density at radius 3 is 2.00 bits per heavy atom. The highest BCUT2D eigenvalue weighted by Crippen LogP contribution is 2.17. The number of rotatable bonds is 1. The molecule has 74 valence electrons. The van der Waals surface area contributed by atoms with Gasteiger partial charge in [0.2, 0.25) is 0 Å². The van der Waals surface area contributed by atoms with Gasteiger partial charge in [0.1, 0.15) is 5.69 Å². The molecule has 0 spiro atoms. The van der Waals surface area contributed by atoms with Gasteiger partial charge in [-0.2, -0.15) is 0 Å². The lowest BCUT2D eigenvalue weighted by molar-refractivity contribution is 0.346. The van der Waals surface area contributed by atoms with Gasteiger partial charge in [-0.15, -0.1) is 5.10 Å². The number of hydrogen-bond donors (Lipinski definition) is 1. The first-order chi connectivity index (χ1) is 5.71. The topological polar surface area (TPSA) is 56.7 Å². The first-order valence-electron chi connectivity index (χ1n) is 4.43. The minimum Gasteiger partial charge on any atom is -0.320 e. The molecule has 13 heavy (non-hydrogen) atoms. The maximum Gasteiger partial charge on any atom is 0.102 e. The summed E-state index contributed by atoms with van der Waals surface area (Å²) in [5, 5.41) is 8.08. The SMILES string of the molecule is CC(C)(N)c1cn(C(C)(C)C)nn1. The Kier molecular flexibility index (Phi) is 2.20. The summed E-state index contributed by atoms with van der Waals surface area (Å²) in [7, 11) is 0. The van der Waals surface area contributed by atoms with Gasteiger partial charge in [-0.05, 0) is 34.6 Å². The molecule has 0 atom stereocenters. The maximum atomic E-state index is 5.90. The van der Waals surface area contributed by atoms with Crippen molar-refractivity contribution < 1.29 is 0 Å². The van der Waals surface area contributed by atoms with Crippen molar-refractivity contribution in [3.8, 4) is 0 Å². The highest BCUT2D eigenvalue weighted by Gasteiger charge is 2.21. The lowest BCUT2D eigenvalue weighted by atomic mass is 10.0. The second kappa shape index (κ2) is 2.80. The van der Waals surface area contributed by atoms with Crippen molar-refractivity contribution in [3.05, 3.63) is 11.9 Å². The second-order valence-electron chi connectivity index (χ2n) is 4.94. The molecule has 0 aliphatic carbocycles. The summed E-state index contributed by atoms with van der Waals surface area (Å²) in [4.78, 5) is 0. The van der Waals surface area contributed by atoms with E-state index in [9.17, 15) is 0 Å². The summed E-state index contributed by atoms with van der Waals surface area (Å²) in [6, 6.07) is 0. The molecule has 0 amide bonds. The molecule has 1 aromatic heterocycles. The van der Waals surface area contributed by atoms with Crippen LogP contribution in [0.4, 0.5) is 0 Å². The van der Waals surface area contributed by atoms with E-state index in [1.165, 1.54) is 0 Å². The van der Waals surface area contributed by atoms with E-state index in [1.54, 1.807) is 0 Å². The number of nitrogens with zero attached hydrogens (tertiary/aromatic N) is 3. The van der Waals surface area contributed by atoms with Crippen LogP contribution in [0.15, 0.2) is 6.20 Å². The molecule has 0 aromatic carbocycles. The van der Waals surface area contributed by atoms with Crippen LogP contribution in [0.25, 0.3) is 0 Å². The van der Waals surface area contributed by atoms with E-state index in [-0.39, 0.29) is 5.54 Å². The maximum absolute atomic E-state index is 5.90. The van der Waals surface area contributed by atoms with E-state index < -0.39 is 5.54 Å². The van der Waals surface area contributed by atoms with Crippen LogP contribution in [-0.4, -0.2) is 15.0 Å². The van der Waals surface area contributed by atoms with Crippen LogP contribution in [0.5, 0.6) is 0 Å². The largest absolute Gasteiger partial charge is 0.320 e. The summed E-state index contributed by atoms with van der Waals surface area (Å²) in [6.07, 6.45) is 1.90. The van der Waals surface area contributed by atoms with Crippen LogP contribution in [0.1, 0.15) is 40.3 Å². The van der Waals surface area contributed by atoms with E-state index in [0.29, 0.717) is 0 Å². The Morgan fingerprint density at radius 2 is 1.77 bits per heavy atom. The smallest absolute Gasteiger partial charge is 0.102 e. The molecule has 4 nitrogen and oxygen atoms in total. The summed E-state index contributed by atoms with van der Waals surface area (Å²) < 4.78 is 1.83. The zero-order valence-corrected chi connectivity index (χ0v) is 9.00. The molecule has 0 radical (unpaired) electrons. The first-order valence-corrected chi connectivity index (χ1v) is 4.43. The van der Waals surface area contributed by atoms with E-state index in [2.05, 4.69) is 31.1 Å². The fourth-order valence-electron chi connectivity index (χ4n) is 0.887. The van der Waals surface area contributed by atoms with Crippen molar-refractivity contribution >= 4 is 0 Å². The molecule has 0 aliphatic rings. The number of nitrogens with two attached hydrogens (primary N) is 1. The molecular weight excluding hydrogens is 164 g/mol. The van der Waals surface area contributed by atoms with Gasteiger partial charge in [-0.3, -0.25) is 0 Å². The lowest BCUT2D eigenvalue weighted by Crippen LogP contribution is -2.29. The summed E-state index contributed by atoms with van der Waals surface area (Å²) in [6.45, 7) is 10.1. The number of aromatic nitrogens is 3. The molecule has 1 rings (SSSR count). The molecule has 0 bridgehead atoms. The highest BCUT2D eigenvalue weighted by molar-refractivity contribution is 5.06. The first kappa shape index (κ1) is 10.2. The minimum absolute atomic E-state index is 0.0312. The van der Waals surface area contributed by atoms with Gasteiger partial charge in [0.15, 0.2) is 0 Å². The van der Waals surface area contributed by atoms with E-state index >= 15 is 0 Å². The Bertz CT molecular complexity index is 259. The van der Waals surface area contributed by atoms with Gasteiger partial charge in [0, 0.05) is 0 Å². The lowest BCUT2D eigenvalue weighted by Gasteiger charge is -2.18. The standard InChI is InChI=1S/C9H18N4/c1-8(2,3)13-6-7(11-12-13)9(4,5)10/h6H,10H2,1-5H3. The molecule has 0 unspecified atom stereocenters. The Hall–Kier alpha value is -0.900.